The highest BCUT2D eigenvalue weighted by molar-refractivity contribution is 9.10. The third-order valence-electron chi connectivity index (χ3n) is 6.27. The number of nitrogens with zero attached hydrogens (tertiary/aromatic N) is 4. The molecule has 0 radical (unpaired) electrons. The molecule has 4 heterocycles. The van der Waals surface area contributed by atoms with Gasteiger partial charge >= 0.3 is 0 Å². The van der Waals surface area contributed by atoms with Crippen LogP contribution in [0.2, 0.25) is 0 Å². The molecule has 0 saturated heterocycles. The molecule has 0 fully saturated rings. The first kappa shape index (κ1) is 26.9. The van der Waals surface area contributed by atoms with Crippen LogP contribution in [0.4, 0.5) is 4.39 Å². The van der Waals surface area contributed by atoms with Gasteiger partial charge in [0.15, 0.2) is 0 Å². The summed E-state index contributed by atoms with van der Waals surface area (Å²) in [6.07, 6.45) is 3.45. The average Bonchev–Trinajstić information content (AvgIpc) is 2.82. The van der Waals surface area contributed by atoms with E-state index in [0.29, 0.717) is 35.1 Å². The SMILES string of the molecule is Cc1cnc(COc2cc(C)n(C3=CC(c4nc(C(C)(C)O)ccc4C)=NC[C@H]3C)c(=O)c2Br)c(F)c1. The number of dihydropyridines is 1. The number of aromatic nitrogens is 3. The van der Waals surface area contributed by atoms with Gasteiger partial charge in [0.25, 0.3) is 5.56 Å². The van der Waals surface area contributed by atoms with Crippen LogP contribution in [0.25, 0.3) is 5.70 Å². The Hall–Kier alpha value is -3.17. The number of ether oxygens (including phenoxy) is 1. The molecule has 0 spiro atoms. The number of aliphatic imine (C=N–C) groups is 1. The second-order valence-electron chi connectivity index (χ2n) is 9.95. The van der Waals surface area contributed by atoms with Crippen molar-refractivity contribution in [3.05, 3.63) is 91.1 Å². The lowest BCUT2D eigenvalue weighted by molar-refractivity contribution is 0.0738. The molecule has 1 aliphatic heterocycles. The molecule has 1 N–H and O–H groups in total. The Morgan fingerprint density at radius 3 is 2.65 bits per heavy atom. The molecule has 0 aromatic carbocycles. The molecular weight excluding hydrogens is 539 g/mol. The van der Waals surface area contributed by atoms with Gasteiger partial charge in [0.1, 0.15) is 33.9 Å². The van der Waals surface area contributed by atoms with E-state index < -0.39 is 11.4 Å². The van der Waals surface area contributed by atoms with E-state index in [-0.39, 0.29) is 28.3 Å². The Bertz CT molecular complexity index is 1490. The first-order valence-corrected chi connectivity index (χ1v) is 12.8. The van der Waals surface area contributed by atoms with Gasteiger partial charge in [0.05, 0.1) is 17.1 Å². The molecule has 0 saturated carbocycles. The molecule has 1 aliphatic rings. The highest BCUT2D eigenvalue weighted by Crippen LogP contribution is 2.29. The Morgan fingerprint density at radius 1 is 1.24 bits per heavy atom. The van der Waals surface area contributed by atoms with Crippen molar-refractivity contribution in [2.24, 2.45) is 10.9 Å². The summed E-state index contributed by atoms with van der Waals surface area (Å²) in [5.41, 5.74) is 3.72. The number of hydrogen-bond donors (Lipinski definition) is 1. The van der Waals surface area contributed by atoms with Crippen molar-refractivity contribution >= 4 is 27.3 Å². The van der Waals surface area contributed by atoms with Crippen molar-refractivity contribution in [2.75, 3.05) is 6.54 Å². The summed E-state index contributed by atoms with van der Waals surface area (Å²) >= 11 is 3.39. The maximum atomic E-state index is 14.2. The van der Waals surface area contributed by atoms with E-state index in [1.807, 2.05) is 32.9 Å². The minimum absolute atomic E-state index is 0.0255. The standard InChI is InChI=1S/C28H30BrFN4O3/c1-15-9-19(30)21(31-12-15)14-37-23-10-18(4)34(27(35)25(23)29)22-11-20(32-13-17(22)3)26-16(2)7-8-24(33-26)28(5,6)36/h7-12,17,36H,13-14H2,1-6H3/t17-/m1/s1. The van der Waals surface area contributed by atoms with Gasteiger partial charge in [0, 0.05) is 36.1 Å². The molecule has 3 aromatic rings. The van der Waals surface area contributed by atoms with Crippen LogP contribution in [0.3, 0.4) is 0 Å². The summed E-state index contributed by atoms with van der Waals surface area (Å²) in [6, 6.07) is 6.86. The van der Waals surface area contributed by atoms with Gasteiger partial charge in [-0.1, -0.05) is 13.0 Å². The summed E-state index contributed by atoms with van der Waals surface area (Å²) in [6.45, 7) is 11.3. The number of aliphatic hydroxyl groups is 1. The van der Waals surface area contributed by atoms with Crippen LogP contribution in [-0.4, -0.2) is 31.9 Å². The zero-order chi connectivity index (χ0) is 27.1. The maximum absolute atomic E-state index is 14.2. The zero-order valence-electron chi connectivity index (χ0n) is 21.8. The van der Waals surface area contributed by atoms with E-state index in [1.165, 1.54) is 6.07 Å². The molecule has 194 valence electrons. The van der Waals surface area contributed by atoms with Crippen LogP contribution in [0.5, 0.6) is 5.75 Å². The molecule has 0 unspecified atom stereocenters. The predicted octanol–water partition coefficient (Wildman–Crippen LogP) is 5.25. The number of hydrogen-bond acceptors (Lipinski definition) is 6. The first-order chi connectivity index (χ1) is 17.4. The fraction of sp³-hybridized carbons (Fsp3) is 0.357. The second-order valence-corrected chi connectivity index (χ2v) is 10.7. The highest BCUT2D eigenvalue weighted by Gasteiger charge is 2.25. The van der Waals surface area contributed by atoms with Gasteiger partial charge in [0.2, 0.25) is 0 Å². The van der Waals surface area contributed by atoms with E-state index in [4.69, 9.17) is 9.73 Å². The highest BCUT2D eigenvalue weighted by atomic mass is 79.9. The monoisotopic (exact) mass is 568 g/mol. The summed E-state index contributed by atoms with van der Waals surface area (Å²) in [5, 5.41) is 10.4. The van der Waals surface area contributed by atoms with Crippen LogP contribution in [0.15, 0.2) is 50.8 Å². The van der Waals surface area contributed by atoms with Crippen LogP contribution in [0.1, 0.15) is 54.7 Å². The fourth-order valence-corrected chi connectivity index (χ4v) is 4.54. The van der Waals surface area contributed by atoms with Gasteiger partial charge in [-0.2, -0.15) is 0 Å². The van der Waals surface area contributed by atoms with Crippen molar-refractivity contribution in [3.8, 4) is 5.75 Å². The Kier molecular flexibility index (Phi) is 7.48. The van der Waals surface area contributed by atoms with Gasteiger partial charge in [-0.25, -0.2) is 9.37 Å². The van der Waals surface area contributed by atoms with Crippen molar-refractivity contribution in [1.82, 2.24) is 14.5 Å². The molecule has 1 atom stereocenters. The Balaban J connectivity index is 1.70. The summed E-state index contributed by atoms with van der Waals surface area (Å²) in [4.78, 5) is 27.0. The molecule has 0 bridgehead atoms. The number of rotatable bonds is 6. The first-order valence-electron chi connectivity index (χ1n) is 12.0. The predicted molar refractivity (Wildman–Crippen MR) is 145 cm³/mol. The lowest BCUT2D eigenvalue weighted by atomic mass is 9.98. The smallest absolute Gasteiger partial charge is 0.273 e. The van der Waals surface area contributed by atoms with Crippen LogP contribution >= 0.6 is 15.9 Å². The Labute approximate surface area is 223 Å². The van der Waals surface area contributed by atoms with Crippen molar-refractivity contribution in [2.45, 2.75) is 53.8 Å². The number of pyridine rings is 3. The molecule has 4 rings (SSSR count). The topological polar surface area (TPSA) is 89.6 Å². The van der Waals surface area contributed by atoms with Gasteiger partial charge in [-0.15, -0.1) is 0 Å². The van der Waals surface area contributed by atoms with E-state index in [0.717, 1.165) is 16.8 Å². The molecule has 37 heavy (non-hydrogen) atoms. The lowest BCUT2D eigenvalue weighted by Gasteiger charge is -2.25. The van der Waals surface area contributed by atoms with E-state index in [1.54, 1.807) is 43.7 Å². The third kappa shape index (κ3) is 5.57. The maximum Gasteiger partial charge on any atom is 0.273 e. The number of aryl methyl sites for hydroxylation is 3. The molecular formula is C28H30BrFN4O3. The molecule has 0 aliphatic carbocycles. The van der Waals surface area contributed by atoms with Gasteiger partial charge in [-0.3, -0.25) is 19.3 Å². The van der Waals surface area contributed by atoms with E-state index >= 15 is 0 Å². The fourth-order valence-electron chi connectivity index (χ4n) is 4.14. The van der Waals surface area contributed by atoms with Crippen LogP contribution in [-0.2, 0) is 12.2 Å². The summed E-state index contributed by atoms with van der Waals surface area (Å²) < 4.78 is 21.9. The quantitative estimate of drug-likeness (QED) is 0.438. The Morgan fingerprint density at radius 2 is 1.97 bits per heavy atom. The average molecular weight is 569 g/mol. The number of halogens is 2. The minimum Gasteiger partial charge on any atom is -0.486 e. The number of allylic oxidation sites excluding steroid dienone is 1. The molecule has 9 heteroatoms. The molecule has 3 aromatic heterocycles. The van der Waals surface area contributed by atoms with E-state index in [2.05, 4.69) is 25.9 Å². The largest absolute Gasteiger partial charge is 0.486 e. The molecule has 0 amide bonds. The lowest BCUT2D eigenvalue weighted by Crippen LogP contribution is -2.29. The molecule has 7 nitrogen and oxygen atoms in total. The summed E-state index contributed by atoms with van der Waals surface area (Å²) in [5.74, 6) is -0.164. The minimum atomic E-state index is -1.09. The van der Waals surface area contributed by atoms with E-state index in [9.17, 15) is 14.3 Å². The zero-order valence-corrected chi connectivity index (χ0v) is 23.4. The van der Waals surface area contributed by atoms with Crippen LogP contribution in [0, 0.1) is 32.5 Å². The normalized spacial score (nSPS) is 15.9. The van der Waals surface area contributed by atoms with Crippen molar-refractivity contribution in [1.29, 1.82) is 0 Å². The van der Waals surface area contributed by atoms with Crippen molar-refractivity contribution < 1.29 is 14.2 Å². The summed E-state index contributed by atoms with van der Waals surface area (Å²) in [7, 11) is 0. The second kappa shape index (κ2) is 10.3. The van der Waals surface area contributed by atoms with Crippen LogP contribution < -0.4 is 10.3 Å². The van der Waals surface area contributed by atoms with Crippen molar-refractivity contribution in [3.63, 3.8) is 0 Å². The third-order valence-corrected chi connectivity index (χ3v) is 7.00. The van der Waals surface area contributed by atoms with Gasteiger partial charge < -0.3 is 9.84 Å². The van der Waals surface area contributed by atoms with Gasteiger partial charge in [-0.05, 0) is 79.9 Å².